The lowest BCUT2D eigenvalue weighted by molar-refractivity contribution is -0.133. The number of hydrogen-bond acceptors (Lipinski definition) is 4. The third-order valence-corrected chi connectivity index (χ3v) is 3.95. The molecule has 0 amide bonds. The molecule has 1 aromatic heterocycles. The molecule has 0 aliphatic heterocycles. The SMILES string of the molecule is CC(C)CCCCn1c(SCC(=O)O)nnc1C(C)C. The Hall–Kier alpha value is -1.04. The van der Waals surface area contributed by atoms with E-state index in [1.807, 2.05) is 0 Å². The number of aromatic nitrogens is 3. The summed E-state index contributed by atoms with van der Waals surface area (Å²) in [5.41, 5.74) is 0. The number of rotatable bonds is 9. The van der Waals surface area contributed by atoms with Gasteiger partial charge in [0, 0.05) is 12.5 Å². The van der Waals surface area contributed by atoms with Gasteiger partial charge in [0.2, 0.25) is 0 Å². The van der Waals surface area contributed by atoms with Gasteiger partial charge in [-0.2, -0.15) is 0 Å². The van der Waals surface area contributed by atoms with Crippen molar-refractivity contribution >= 4 is 17.7 Å². The van der Waals surface area contributed by atoms with Gasteiger partial charge < -0.3 is 9.67 Å². The van der Waals surface area contributed by atoms with Crippen LogP contribution >= 0.6 is 11.8 Å². The molecule has 0 radical (unpaired) electrons. The minimum atomic E-state index is -0.824. The van der Waals surface area contributed by atoms with Crippen LogP contribution in [0.5, 0.6) is 0 Å². The average molecular weight is 299 g/mol. The number of hydrogen-bond donors (Lipinski definition) is 1. The van der Waals surface area contributed by atoms with Crippen LogP contribution in [-0.4, -0.2) is 31.6 Å². The number of aliphatic carboxylic acids is 1. The van der Waals surface area contributed by atoms with Crippen LogP contribution in [0.3, 0.4) is 0 Å². The molecule has 0 atom stereocenters. The van der Waals surface area contributed by atoms with E-state index in [0.29, 0.717) is 5.92 Å². The molecule has 20 heavy (non-hydrogen) atoms. The zero-order valence-corrected chi connectivity index (χ0v) is 13.6. The fourth-order valence-corrected chi connectivity index (χ4v) is 2.68. The lowest BCUT2D eigenvalue weighted by atomic mass is 10.1. The molecule has 1 aromatic rings. The average Bonchev–Trinajstić information content (AvgIpc) is 2.75. The normalized spacial score (nSPS) is 11.5. The summed E-state index contributed by atoms with van der Waals surface area (Å²) < 4.78 is 2.08. The maximum absolute atomic E-state index is 10.7. The molecule has 0 unspecified atom stereocenters. The molecule has 0 spiro atoms. The van der Waals surface area contributed by atoms with Gasteiger partial charge in [-0.25, -0.2) is 0 Å². The second-order valence-corrected chi connectivity index (χ2v) is 6.66. The highest BCUT2D eigenvalue weighted by atomic mass is 32.2. The molecule has 6 heteroatoms. The summed E-state index contributed by atoms with van der Waals surface area (Å²) in [6.45, 7) is 9.49. The first-order chi connectivity index (χ1) is 9.41. The smallest absolute Gasteiger partial charge is 0.313 e. The van der Waals surface area contributed by atoms with Crippen LogP contribution < -0.4 is 0 Å². The summed E-state index contributed by atoms with van der Waals surface area (Å²) in [5, 5.41) is 17.8. The van der Waals surface area contributed by atoms with Gasteiger partial charge in [-0.15, -0.1) is 10.2 Å². The molecule has 114 valence electrons. The van der Waals surface area contributed by atoms with Gasteiger partial charge in [-0.1, -0.05) is 52.3 Å². The molecule has 0 aliphatic rings. The minimum absolute atomic E-state index is 0.0300. The van der Waals surface area contributed by atoms with Crippen molar-refractivity contribution in [2.75, 3.05) is 5.75 Å². The maximum Gasteiger partial charge on any atom is 0.313 e. The molecule has 5 nitrogen and oxygen atoms in total. The Kier molecular flexibility index (Phi) is 7.05. The first kappa shape index (κ1) is 17.0. The van der Waals surface area contributed by atoms with E-state index in [-0.39, 0.29) is 5.75 Å². The largest absolute Gasteiger partial charge is 0.481 e. The summed E-state index contributed by atoms with van der Waals surface area (Å²) in [6.07, 6.45) is 3.48. The van der Waals surface area contributed by atoms with Crippen LogP contribution in [0.4, 0.5) is 0 Å². The Morgan fingerprint density at radius 3 is 2.50 bits per heavy atom. The fourth-order valence-electron chi connectivity index (χ4n) is 1.99. The molecule has 0 fully saturated rings. The van der Waals surface area contributed by atoms with E-state index >= 15 is 0 Å². The first-order valence-corrected chi connectivity index (χ1v) is 8.18. The summed E-state index contributed by atoms with van der Waals surface area (Å²) in [5.74, 6) is 1.17. The predicted octanol–water partition coefficient (Wildman–Crippen LogP) is 3.40. The van der Waals surface area contributed by atoms with Gasteiger partial charge in [0.05, 0.1) is 5.75 Å². The molecular formula is C14H25N3O2S. The monoisotopic (exact) mass is 299 g/mol. The Labute approximate surface area is 125 Å². The highest BCUT2D eigenvalue weighted by molar-refractivity contribution is 7.99. The Morgan fingerprint density at radius 1 is 1.25 bits per heavy atom. The molecule has 1 heterocycles. The summed E-state index contributed by atoms with van der Waals surface area (Å²) in [7, 11) is 0. The first-order valence-electron chi connectivity index (χ1n) is 7.19. The number of carboxylic acid groups (broad SMARTS) is 1. The van der Waals surface area contributed by atoms with Crippen LogP contribution in [0.1, 0.15) is 58.7 Å². The van der Waals surface area contributed by atoms with E-state index in [2.05, 4.69) is 42.5 Å². The Morgan fingerprint density at radius 2 is 1.95 bits per heavy atom. The zero-order chi connectivity index (χ0) is 15.1. The second kappa shape index (κ2) is 8.29. The topological polar surface area (TPSA) is 68.0 Å². The van der Waals surface area contributed by atoms with Crippen molar-refractivity contribution in [3.63, 3.8) is 0 Å². The molecule has 0 aromatic carbocycles. The van der Waals surface area contributed by atoms with Crippen LogP contribution in [0.25, 0.3) is 0 Å². The highest BCUT2D eigenvalue weighted by Gasteiger charge is 2.15. The second-order valence-electron chi connectivity index (χ2n) is 5.72. The lowest BCUT2D eigenvalue weighted by Gasteiger charge is -2.12. The zero-order valence-electron chi connectivity index (χ0n) is 12.8. The van der Waals surface area contributed by atoms with Crippen molar-refractivity contribution in [3.8, 4) is 0 Å². The standard InChI is InChI=1S/C14H25N3O2S/c1-10(2)7-5-6-8-17-13(11(3)4)15-16-14(17)20-9-12(18)19/h10-11H,5-9H2,1-4H3,(H,18,19). The lowest BCUT2D eigenvalue weighted by Crippen LogP contribution is -2.08. The molecule has 0 saturated heterocycles. The van der Waals surface area contributed by atoms with Crippen molar-refractivity contribution in [1.29, 1.82) is 0 Å². The quantitative estimate of drug-likeness (QED) is 0.559. The molecule has 1 N–H and O–H groups in total. The van der Waals surface area contributed by atoms with Crippen molar-refractivity contribution < 1.29 is 9.90 Å². The fraction of sp³-hybridized carbons (Fsp3) is 0.786. The summed E-state index contributed by atoms with van der Waals surface area (Å²) in [6, 6.07) is 0. The summed E-state index contributed by atoms with van der Waals surface area (Å²) >= 11 is 1.25. The number of thioether (sulfide) groups is 1. The van der Waals surface area contributed by atoms with Crippen molar-refractivity contribution in [2.45, 2.75) is 64.6 Å². The van der Waals surface area contributed by atoms with Gasteiger partial charge in [-0.3, -0.25) is 4.79 Å². The van der Waals surface area contributed by atoms with E-state index in [1.54, 1.807) is 0 Å². The van der Waals surface area contributed by atoms with E-state index in [9.17, 15) is 4.79 Å². The van der Waals surface area contributed by atoms with Crippen LogP contribution in [0.15, 0.2) is 5.16 Å². The Bertz CT molecular complexity index is 430. The number of carbonyl (C=O) groups is 1. The van der Waals surface area contributed by atoms with E-state index in [0.717, 1.165) is 29.9 Å². The third-order valence-electron chi connectivity index (χ3n) is 3.00. The Balaban J connectivity index is 2.67. The van der Waals surface area contributed by atoms with Gasteiger partial charge >= 0.3 is 5.97 Å². The number of nitrogens with zero attached hydrogens (tertiary/aromatic N) is 3. The van der Waals surface area contributed by atoms with E-state index in [4.69, 9.17) is 5.11 Å². The number of unbranched alkanes of at least 4 members (excludes halogenated alkanes) is 1. The van der Waals surface area contributed by atoms with Crippen molar-refractivity contribution in [2.24, 2.45) is 5.92 Å². The molecule has 0 saturated carbocycles. The van der Waals surface area contributed by atoms with Crippen LogP contribution in [0, 0.1) is 5.92 Å². The van der Waals surface area contributed by atoms with Crippen molar-refractivity contribution in [1.82, 2.24) is 14.8 Å². The van der Waals surface area contributed by atoms with Gasteiger partial charge in [-0.05, 0) is 12.3 Å². The van der Waals surface area contributed by atoms with Crippen molar-refractivity contribution in [3.05, 3.63) is 5.82 Å². The van der Waals surface area contributed by atoms with Gasteiger partial charge in [0.25, 0.3) is 0 Å². The minimum Gasteiger partial charge on any atom is -0.481 e. The van der Waals surface area contributed by atoms with Crippen LogP contribution in [0.2, 0.25) is 0 Å². The van der Waals surface area contributed by atoms with Gasteiger partial charge in [0.1, 0.15) is 5.82 Å². The molecule has 0 aliphatic carbocycles. The molecule has 0 bridgehead atoms. The third kappa shape index (κ3) is 5.53. The van der Waals surface area contributed by atoms with E-state index in [1.165, 1.54) is 24.6 Å². The molecule has 1 rings (SSSR count). The van der Waals surface area contributed by atoms with Gasteiger partial charge in [0.15, 0.2) is 5.16 Å². The number of carboxylic acids is 1. The summed E-state index contributed by atoms with van der Waals surface area (Å²) in [4.78, 5) is 10.7. The van der Waals surface area contributed by atoms with E-state index < -0.39 is 5.97 Å². The highest BCUT2D eigenvalue weighted by Crippen LogP contribution is 2.22. The predicted molar refractivity (Wildman–Crippen MR) is 81.2 cm³/mol. The van der Waals surface area contributed by atoms with Crippen LogP contribution in [-0.2, 0) is 11.3 Å². The maximum atomic E-state index is 10.7. The molecular weight excluding hydrogens is 274 g/mol.